The highest BCUT2D eigenvalue weighted by molar-refractivity contribution is 6.04. The Hall–Kier alpha value is -4.68. The zero-order valence-corrected chi connectivity index (χ0v) is 22.6. The number of nitrogen functional groups attached to an aromatic ring is 1. The maximum atomic E-state index is 13.0. The first-order chi connectivity index (χ1) is 20.2. The Balaban J connectivity index is 1.23. The fourth-order valence-electron chi connectivity index (χ4n) is 5.38. The van der Waals surface area contributed by atoms with Crippen LogP contribution >= 0.6 is 0 Å². The van der Waals surface area contributed by atoms with Crippen molar-refractivity contribution in [1.82, 2.24) is 24.7 Å². The summed E-state index contributed by atoms with van der Waals surface area (Å²) in [4.78, 5) is 40.5. The van der Waals surface area contributed by atoms with Crippen LogP contribution in [-0.2, 0) is 11.0 Å². The van der Waals surface area contributed by atoms with Gasteiger partial charge in [-0.2, -0.15) is 13.2 Å². The molecule has 1 aromatic carbocycles. The molecule has 2 amide bonds. The number of piperidine rings is 1. The molecule has 42 heavy (non-hydrogen) atoms. The summed E-state index contributed by atoms with van der Waals surface area (Å²) >= 11 is 0. The van der Waals surface area contributed by atoms with Gasteiger partial charge in [0.15, 0.2) is 0 Å². The van der Waals surface area contributed by atoms with Gasteiger partial charge in [-0.3, -0.25) is 14.0 Å². The number of carbonyl (C=O) groups excluding carboxylic acids is 2. The second kappa shape index (κ2) is 11.0. The third-order valence-corrected chi connectivity index (χ3v) is 7.84. The van der Waals surface area contributed by atoms with Crippen LogP contribution in [0.3, 0.4) is 0 Å². The first-order valence-electron chi connectivity index (χ1n) is 13.8. The van der Waals surface area contributed by atoms with Crippen molar-refractivity contribution in [3.8, 4) is 11.3 Å². The zero-order valence-electron chi connectivity index (χ0n) is 22.6. The minimum absolute atomic E-state index is 0.0194. The second-order valence-electron chi connectivity index (χ2n) is 10.7. The smallest absolute Gasteiger partial charge is 0.382 e. The predicted molar refractivity (Wildman–Crippen MR) is 151 cm³/mol. The second-order valence-corrected chi connectivity index (χ2v) is 10.7. The number of nitrogens with zero attached hydrogens (tertiary/aromatic N) is 5. The Morgan fingerprint density at radius 1 is 1.00 bits per heavy atom. The molecule has 2 aliphatic rings. The number of nitrogens with two attached hydrogens (primary N) is 1. The molecule has 218 valence electrons. The lowest BCUT2D eigenvalue weighted by atomic mass is 9.84. The Bertz CT molecular complexity index is 1630. The zero-order chi connectivity index (χ0) is 29.4. The molecule has 6 rings (SSSR count). The van der Waals surface area contributed by atoms with Gasteiger partial charge >= 0.3 is 6.18 Å². The minimum Gasteiger partial charge on any atom is -0.382 e. The number of amides is 2. The molecule has 1 saturated heterocycles. The summed E-state index contributed by atoms with van der Waals surface area (Å²) in [6.45, 7) is 1.38. The van der Waals surface area contributed by atoms with Crippen LogP contribution < -0.4 is 21.3 Å². The van der Waals surface area contributed by atoms with Crippen molar-refractivity contribution >= 4 is 34.9 Å². The molecule has 1 aliphatic carbocycles. The third kappa shape index (κ3) is 5.46. The van der Waals surface area contributed by atoms with Gasteiger partial charge in [-0.15, -0.1) is 0 Å². The molecular weight excluding hydrogens is 549 g/mol. The number of pyridine rings is 1. The van der Waals surface area contributed by atoms with E-state index in [9.17, 15) is 22.8 Å². The summed E-state index contributed by atoms with van der Waals surface area (Å²) in [5.41, 5.74) is 7.48. The van der Waals surface area contributed by atoms with Crippen LogP contribution in [0.2, 0.25) is 0 Å². The van der Waals surface area contributed by atoms with Crippen LogP contribution in [0.1, 0.15) is 48.0 Å². The van der Waals surface area contributed by atoms with E-state index in [2.05, 4.69) is 25.5 Å². The monoisotopic (exact) mass is 578 g/mol. The van der Waals surface area contributed by atoms with Crippen molar-refractivity contribution < 1.29 is 22.8 Å². The molecule has 4 N–H and O–H groups in total. The molecule has 4 heterocycles. The molecular formula is C29H29F3N8O2. The number of hydrogen-bond donors (Lipinski definition) is 3. The average Bonchev–Trinajstić information content (AvgIpc) is 3.33. The van der Waals surface area contributed by atoms with E-state index in [1.807, 2.05) is 4.40 Å². The highest BCUT2D eigenvalue weighted by atomic mass is 19.4. The number of anilines is 3. The number of hydrogen-bond acceptors (Lipinski definition) is 7. The van der Waals surface area contributed by atoms with Gasteiger partial charge in [0.1, 0.15) is 22.8 Å². The topological polar surface area (TPSA) is 131 Å². The summed E-state index contributed by atoms with van der Waals surface area (Å²) in [7, 11) is 0. The summed E-state index contributed by atoms with van der Waals surface area (Å²) in [5, 5.41) is 5.62. The molecule has 0 bridgehead atoms. The quantitative estimate of drug-likeness (QED) is 0.307. The van der Waals surface area contributed by atoms with Crippen LogP contribution in [0.25, 0.3) is 16.8 Å². The van der Waals surface area contributed by atoms with Crippen LogP contribution in [-0.4, -0.2) is 50.3 Å². The van der Waals surface area contributed by atoms with E-state index in [0.717, 1.165) is 57.0 Å². The summed E-state index contributed by atoms with van der Waals surface area (Å²) < 4.78 is 41.0. The summed E-state index contributed by atoms with van der Waals surface area (Å²) in [5.74, 6) is 0.406. The highest BCUT2D eigenvalue weighted by Gasteiger charge is 2.32. The molecule has 1 aliphatic heterocycles. The number of imidazole rings is 1. The van der Waals surface area contributed by atoms with E-state index in [1.165, 1.54) is 0 Å². The Kier molecular flexibility index (Phi) is 7.17. The summed E-state index contributed by atoms with van der Waals surface area (Å²) in [6, 6.07) is 8.15. The number of aromatic nitrogens is 4. The fraction of sp³-hybridized carbons (Fsp3) is 0.345. The van der Waals surface area contributed by atoms with Gasteiger partial charge in [0, 0.05) is 54.8 Å². The van der Waals surface area contributed by atoms with E-state index in [1.54, 1.807) is 36.7 Å². The SMILES string of the molecule is Nc1nccn2c(N3CCC[C@H](NC(=O)C4CCC4)C3)nc(-c3ccc(C(=O)Nc4cc(C(F)(F)F)ccn4)cc3)c12. The van der Waals surface area contributed by atoms with Crippen molar-refractivity contribution in [3.05, 3.63) is 66.1 Å². The number of fused-ring (bicyclic) bond motifs is 1. The van der Waals surface area contributed by atoms with E-state index < -0.39 is 17.6 Å². The van der Waals surface area contributed by atoms with E-state index in [-0.39, 0.29) is 35.1 Å². The maximum Gasteiger partial charge on any atom is 0.416 e. The first kappa shape index (κ1) is 27.5. The molecule has 4 aromatic rings. The number of benzene rings is 1. The van der Waals surface area contributed by atoms with Gasteiger partial charge in [0.05, 0.1) is 5.56 Å². The van der Waals surface area contributed by atoms with Crippen LogP contribution in [0.4, 0.5) is 30.8 Å². The van der Waals surface area contributed by atoms with Crippen molar-refractivity contribution in [2.75, 3.05) is 29.0 Å². The van der Waals surface area contributed by atoms with E-state index in [4.69, 9.17) is 10.7 Å². The first-order valence-corrected chi connectivity index (χ1v) is 13.8. The maximum absolute atomic E-state index is 13.0. The normalized spacial score (nSPS) is 17.6. The molecule has 13 heteroatoms. The molecule has 1 atom stereocenters. The Morgan fingerprint density at radius 3 is 2.50 bits per heavy atom. The predicted octanol–water partition coefficient (Wildman–Crippen LogP) is 4.53. The van der Waals surface area contributed by atoms with Gasteiger partial charge < -0.3 is 21.3 Å². The van der Waals surface area contributed by atoms with Gasteiger partial charge in [0.25, 0.3) is 5.91 Å². The third-order valence-electron chi connectivity index (χ3n) is 7.84. The van der Waals surface area contributed by atoms with Gasteiger partial charge in [-0.1, -0.05) is 18.6 Å². The highest BCUT2D eigenvalue weighted by Crippen LogP contribution is 2.33. The largest absolute Gasteiger partial charge is 0.416 e. The standard InChI is InChI=1S/C29H29F3N8O2/c30-29(31,32)20-10-11-34-22(15-20)37-27(42)19-8-6-17(7-9-19)23-24-25(33)35-12-14-40(24)28(38-23)39-13-2-5-21(16-39)36-26(41)18-3-1-4-18/h6-12,14-15,18,21H,1-5,13,16H2,(H2,33,35)(H,36,41)(H,34,37,42)/t21-/m0/s1. The molecule has 3 aromatic heterocycles. The van der Waals surface area contributed by atoms with Gasteiger partial charge in [0.2, 0.25) is 11.9 Å². The molecule has 2 fully saturated rings. The lowest BCUT2D eigenvalue weighted by Crippen LogP contribution is -2.50. The molecule has 0 radical (unpaired) electrons. The van der Waals surface area contributed by atoms with E-state index in [0.29, 0.717) is 29.3 Å². The number of carbonyl (C=O) groups is 2. The van der Waals surface area contributed by atoms with Gasteiger partial charge in [-0.25, -0.2) is 15.0 Å². The van der Waals surface area contributed by atoms with Crippen LogP contribution in [0.15, 0.2) is 55.0 Å². The lowest BCUT2D eigenvalue weighted by molar-refractivity contribution is -0.137. The summed E-state index contributed by atoms with van der Waals surface area (Å²) in [6.07, 6.45) is 4.63. The van der Waals surface area contributed by atoms with Crippen molar-refractivity contribution in [2.45, 2.75) is 44.3 Å². The molecule has 1 saturated carbocycles. The molecule has 0 unspecified atom stereocenters. The Morgan fingerprint density at radius 2 is 1.79 bits per heavy atom. The van der Waals surface area contributed by atoms with E-state index >= 15 is 0 Å². The average molecular weight is 579 g/mol. The lowest BCUT2D eigenvalue weighted by Gasteiger charge is -2.35. The Labute approximate surface area is 239 Å². The molecule has 0 spiro atoms. The van der Waals surface area contributed by atoms with Gasteiger partial charge in [-0.05, 0) is 49.9 Å². The van der Waals surface area contributed by atoms with Crippen LogP contribution in [0, 0.1) is 5.92 Å². The molecule has 10 nitrogen and oxygen atoms in total. The van der Waals surface area contributed by atoms with Crippen molar-refractivity contribution in [1.29, 1.82) is 0 Å². The number of rotatable bonds is 6. The number of halogens is 3. The van der Waals surface area contributed by atoms with Crippen molar-refractivity contribution in [3.63, 3.8) is 0 Å². The number of nitrogens with one attached hydrogen (secondary N) is 2. The number of alkyl halides is 3. The van der Waals surface area contributed by atoms with Crippen LogP contribution in [0.5, 0.6) is 0 Å². The van der Waals surface area contributed by atoms with Crippen molar-refractivity contribution in [2.24, 2.45) is 5.92 Å². The fourth-order valence-corrected chi connectivity index (χ4v) is 5.38. The minimum atomic E-state index is -4.55.